The Bertz CT molecular complexity index is 753. The summed E-state index contributed by atoms with van der Waals surface area (Å²) in [5.41, 5.74) is 2.73. The van der Waals surface area contributed by atoms with Crippen LogP contribution in [0.15, 0.2) is 41.0 Å². The fourth-order valence-corrected chi connectivity index (χ4v) is 2.69. The summed E-state index contributed by atoms with van der Waals surface area (Å²) < 4.78 is 3.07. The van der Waals surface area contributed by atoms with Crippen molar-refractivity contribution in [3.63, 3.8) is 0 Å². The number of benzene rings is 1. The Hall–Kier alpha value is -1.10. The highest BCUT2D eigenvalue weighted by Gasteiger charge is 2.12. The molecule has 0 saturated carbocycles. The summed E-state index contributed by atoms with van der Waals surface area (Å²) in [6.45, 7) is 0.681. The quantitative estimate of drug-likeness (QED) is 0.629. The number of imidazole rings is 1. The third kappa shape index (κ3) is 2.68. The van der Waals surface area contributed by atoms with Crippen LogP contribution in [0.5, 0.6) is 0 Å². The minimum atomic E-state index is 0.338. The SMILES string of the molecule is ClCc1nc2cc(Cl)cnc2n1Cc1ccc(Br)cc1. The Morgan fingerprint density at radius 3 is 2.65 bits per heavy atom. The molecule has 2 heterocycles. The zero-order chi connectivity index (χ0) is 14.1. The van der Waals surface area contributed by atoms with E-state index in [1.165, 1.54) is 0 Å². The molecule has 0 N–H and O–H groups in total. The van der Waals surface area contributed by atoms with Crippen LogP contribution < -0.4 is 0 Å². The molecule has 0 fully saturated rings. The maximum Gasteiger partial charge on any atom is 0.160 e. The first-order valence-electron chi connectivity index (χ1n) is 5.98. The topological polar surface area (TPSA) is 30.7 Å². The Balaban J connectivity index is 2.07. The second kappa shape index (κ2) is 5.72. The van der Waals surface area contributed by atoms with Crippen LogP contribution in [0.2, 0.25) is 5.02 Å². The minimum absolute atomic E-state index is 0.338. The average Bonchev–Trinajstić information content (AvgIpc) is 2.78. The number of pyridine rings is 1. The molecule has 2 aromatic heterocycles. The number of fused-ring (bicyclic) bond motifs is 1. The molecule has 0 unspecified atom stereocenters. The van der Waals surface area contributed by atoms with Gasteiger partial charge >= 0.3 is 0 Å². The van der Waals surface area contributed by atoms with Gasteiger partial charge in [-0.15, -0.1) is 11.6 Å². The molecule has 1 aromatic carbocycles. The molecule has 3 aromatic rings. The molecular formula is C14H10BrCl2N3. The van der Waals surface area contributed by atoms with Crippen LogP contribution in [-0.2, 0) is 12.4 Å². The van der Waals surface area contributed by atoms with Gasteiger partial charge in [-0.25, -0.2) is 9.97 Å². The number of rotatable bonds is 3. The Kier molecular flexibility index (Phi) is 3.96. The van der Waals surface area contributed by atoms with Gasteiger partial charge in [0, 0.05) is 10.7 Å². The van der Waals surface area contributed by atoms with E-state index >= 15 is 0 Å². The maximum absolute atomic E-state index is 5.98. The molecule has 0 amide bonds. The van der Waals surface area contributed by atoms with E-state index in [1.807, 2.05) is 16.7 Å². The van der Waals surface area contributed by atoms with E-state index in [1.54, 1.807) is 12.3 Å². The van der Waals surface area contributed by atoms with Gasteiger partial charge in [0.1, 0.15) is 11.3 Å². The number of alkyl halides is 1. The van der Waals surface area contributed by atoms with E-state index < -0.39 is 0 Å². The molecule has 0 saturated heterocycles. The summed E-state index contributed by atoms with van der Waals surface area (Å²) >= 11 is 15.4. The second-order valence-corrected chi connectivity index (χ2v) is 5.99. The van der Waals surface area contributed by atoms with Crippen molar-refractivity contribution in [2.45, 2.75) is 12.4 Å². The van der Waals surface area contributed by atoms with Crippen LogP contribution in [-0.4, -0.2) is 14.5 Å². The molecule has 0 aliphatic carbocycles. The summed E-state index contributed by atoms with van der Waals surface area (Å²) in [4.78, 5) is 8.84. The van der Waals surface area contributed by atoms with Crippen molar-refractivity contribution in [1.29, 1.82) is 0 Å². The third-order valence-electron chi connectivity index (χ3n) is 3.00. The van der Waals surface area contributed by atoms with Crippen molar-refractivity contribution < 1.29 is 0 Å². The highest BCUT2D eigenvalue weighted by molar-refractivity contribution is 9.10. The van der Waals surface area contributed by atoms with Gasteiger partial charge in [0.25, 0.3) is 0 Å². The van der Waals surface area contributed by atoms with Gasteiger partial charge in [-0.3, -0.25) is 0 Å². The van der Waals surface area contributed by atoms with Crippen LogP contribution in [0.1, 0.15) is 11.4 Å². The van der Waals surface area contributed by atoms with Gasteiger partial charge in [-0.1, -0.05) is 39.7 Å². The summed E-state index contributed by atoms with van der Waals surface area (Å²) in [6, 6.07) is 9.95. The van der Waals surface area contributed by atoms with Gasteiger partial charge in [0.05, 0.1) is 17.4 Å². The molecule has 0 spiro atoms. The molecule has 0 atom stereocenters. The molecule has 0 aliphatic heterocycles. The predicted molar refractivity (Wildman–Crippen MR) is 85.3 cm³/mol. The zero-order valence-electron chi connectivity index (χ0n) is 10.4. The summed E-state index contributed by atoms with van der Waals surface area (Å²) in [5.74, 6) is 1.13. The predicted octanol–water partition coefficient (Wildman–Crippen LogP) is 4.63. The van der Waals surface area contributed by atoms with Gasteiger partial charge in [-0.05, 0) is 23.8 Å². The first kappa shape index (κ1) is 13.9. The second-order valence-electron chi connectivity index (χ2n) is 4.37. The van der Waals surface area contributed by atoms with E-state index in [9.17, 15) is 0 Å². The number of hydrogen-bond acceptors (Lipinski definition) is 2. The fourth-order valence-electron chi connectivity index (χ4n) is 2.07. The van der Waals surface area contributed by atoms with Crippen molar-refractivity contribution >= 4 is 50.3 Å². The lowest BCUT2D eigenvalue weighted by Crippen LogP contribution is -2.04. The van der Waals surface area contributed by atoms with Gasteiger partial charge in [0.15, 0.2) is 5.65 Å². The average molecular weight is 371 g/mol. The number of hydrogen-bond donors (Lipinski definition) is 0. The lowest BCUT2D eigenvalue weighted by molar-refractivity contribution is 0.770. The van der Waals surface area contributed by atoms with E-state index in [-0.39, 0.29) is 0 Å². The van der Waals surface area contributed by atoms with Crippen molar-refractivity contribution in [2.24, 2.45) is 0 Å². The first-order chi connectivity index (χ1) is 9.67. The highest BCUT2D eigenvalue weighted by atomic mass is 79.9. The van der Waals surface area contributed by atoms with Crippen LogP contribution in [0, 0.1) is 0 Å². The molecule has 0 bridgehead atoms. The fraction of sp³-hybridized carbons (Fsp3) is 0.143. The van der Waals surface area contributed by atoms with E-state index in [2.05, 4.69) is 38.0 Å². The Labute approximate surface area is 134 Å². The molecule has 0 radical (unpaired) electrons. The van der Waals surface area contributed by atoms with Crippen molar-refractivity contribution in [1.82, 2.24) is 14.5 Å². The molecule has 3 nitrogen and oxygen atoms in total. The smallest absolute Gasteiger partial charge is 0.160 e. The summed E-state index contributed by atoms with van der Waals surface area (Å²) in [6.07, 6.45) is 1.63. The van der Waals surface area contributed by atoms with E-state index in [0.717, 1.165) is 27.0 Å². The molecule has 3 rings (SSSR count). The maximum atomic E-state index is 5.98. The van der Waals surface area contributed by atoms with Crippen LogP contribution in [0.25, 0.3) is 11.2 Å². The highest BCUT2D eigenvalue weighted by Crippen LogP contribution is 2.21. The van der Waals surface area contributed by atoms with Crippen molar-refractivity contribution in [3.8, 4) is 0 Å². The lowest BCUT2D eigenvalue weighted by Gasteiger charge is -2.07. The van der Waals surface area contributed by atoms with Gasteiger partial charge < -0.3 is 4.57 Å². The van der Waals surface area contributed by atoms with Crippen molar-refractivity contribution in [3.05, 3.63) is 57.4 Å². The van der Waals surface area contributed by atoms with Crippen LogP contribution >= 0.6 is 39.1 Å². The number of halogens is 3. The molecule has 102 valence electrons. The molecule has 20 heavy (non-hydrogen) atoms. The minimum Gasteiger partial charge on any atom is -0.307 e. The standard InChI is InChI=1S/C14H10BrCl2N3/c15-10-3-1-9(2-4-10)8-20-13(6-16)19-12-5-11(17)7-18-14(12)20/h1-5,7H,6,8H2. The zero-order valence-corrected chi connectivity index (χ0v) is 13.5. The third-order valence-corrected chi connectivity index (χ3v) is 3.98. The van der Waals surface area contributed by atoms with Crippen LogP contribution in [0.3, 0.4) is 0 Å². The molecule has 0 aliphatic rings. The number of aromatic nitrogens is 3. The lowest BCUT2D eigenvalue weighted by atomic mass is 10.2. The Morgan fingerprint density at radius 1 is 1.20 bits per heavy atom. The van der Waals surface area contributed by atoms with Gasteiger partial charge in [0.2, 0.25) is 0 Å². The number of nitrogens with zero attached hydrogens (tertiary/aromatic N) is 3. The first-order valence-corrected chi connectivity index (χ1v) is 7.69. The normalized spacial score (nSPS) is 11.2. The summed E-state index contributed by atoms with van der Waals surface area (Å²) in [7, 11) is 0. The largest absolute Gasteiger partial charge is 0.307 e. The molecule has 6 heteroatoms. The van der Waals surface area contributed by atoms with E-state index in [0.29, 0.717) is 17.4 Å². The van der Waals surface area contributed by atoms with Crippen molar-refractivity contribution in [2.75, 3.05) is 0 Å². The Morgan fingerprint density at radius 2 is 1.95 bits per heavy atom. The van der Waals surface area contributed by atoms with E-state index in [4.69, 9.17) is 23.2 Å². The van der Waals surface area contributed by atoms with Gasteiger partial charge in [-0.2, -0.15) is 0 Å². The molecular weight excluding hydrogens is 361 g/mol. The monoisotopic (exact) mass is 369 g/mol. The summed E-state index contributed by atoms with van der Waals surface area (Å²) in [5, 5.41) is 0.576. The van der Waals surface area contributed by atoms with Crippen LogP contribution in [0.4, 0.5) is 0 Å².